The van der Waals surface area contributed by atoms with Gasteiger partial charge in [0.05, 0.1) is 0 Å². The Balaban J connectivity index is 2.39. The van der Waals surface area contributed by atoms with Gasteiger partial charge in [0.1, 0.15) is 0 Å². The van der Waals surface area contributed by atoms with E-state index in [0.29, 0.717) is 12.1 Å². The molecule has 0 bridgehead atoms. The fraction of sp³-hybridized carbons (Fsp3) is 1.00. The number of hydrogen-bond donors (Lipinski definition) is 2. The van der Waals surface area contributed by atoms with Crippen LogP contribution >= 0.6 is 0 Å². The standard InChI is InChI=1S/C13H28N2/c1-4-11(5-2)10(3)15-13-8-6-7-12(13)9-14/h10-13,15H,4-9,14H2,1-3H3. The molecule has 2 heteroatoms. The molecule has 1 saturated carbocycles. The van der Waals surface area contributed by atoms with Crippen molar-refractivity contribution in [3.63, 3.8) is 0 Å². The molecule has 3 N–H and O–H groups in total. The molecule has 0 aromatic heterocycles. The van der Waals surface area contributed by atoms with Gasteiger partial charge in [0.15, 0.2) is 0 Å². The molecule has 0 spiro atoms. The van der Waals surface area contributed by atoms with Gasteiger partial charge in [0.25, 0.3) is 0 Å². The minimum absolute atomic E-state index is 0.650. The molecule has 1 aliphatic carbocycles. The van der Waals surface area contributed by atoms with Gasteiger partial charge in [-0.15, -0.1) is 0 Å². The summed E-state index contributed by atoms with van der Waals surface area (Å²) in [5.41, 5.74) is 5.80. The molecule has 0 aromatic carbocycles. The van der Waals surface area contributed by atoms with Crippen LogP contribution in [0.1, 0.15) is 52.9 Å². The zero-order chi connectivity index (χ0) is 11.3. The molecule has 0 saturated heterocycles. The average Bonchev–Trinajstić information content (AvgIpc) is 2.67. The first kappa shape index (κ1) is 13.0. The number of hydrogen-bond acceptors (Lipinski definition) is 2. The van der Waals surface area contributed by atoms with Crippen molar-refractivity contribution in [3.05, 3.63) is 0 Å². The molecule has 90 valence electrons. The highest BCUT2D eigenvalue weighted by Crippen LogP contribution is 2.26. The summed E-state index contributed by atoms with van der Waals surface area (Å²) in [6.45, 7) is 7.78. The third kappa shape index (κ3) is 3.46. The van der Waals surface area contributed by atoms with Gasteiger partial charge in [-0.25, -0.2) is 0 Å². The van der Waals surface area contributed by atoms with Crippen molar-refractivity contribution < 1.29 is 0 Å². The van der Waals surface area contributed by atoms with Crippen molar-refractivity contribution in [1.82, 2.24) is 5.32 Å². The fourth-order valence-electron chi connectivity index (χ4n) is 3.01. The van der Waals surface area contributed by atoms with Crippen molar-refractivity contribution in [2.75, 3.05) is 6.54 Å². The summed E-state index contributed by atoms with van der Waals surface area (Å²) in [4.78, 5) is 0. The summed E-state index contributed by atoms with van der Waals surface area (Å²) in [5.74, 6) is 1.55. The summed E-state index contributed by atoms with van der Waals surface area (Å²) in [6, 6.07) is 1.34. The monoisotopic (exact) mass is 212 g/mol. The smallest absolute Gasteiger partial charge is 0.0110 e. The summed E-state index contributed by atoms with van der Waals surface area (Å²) >= 11 is 0. The van der Waals surface area contributed by atoms with Gasteiger partial charge in [-0.05, 0) is 38.1 Å². The maximum absolute atomic E-state index is 5.80. The molecule has 0 aliphatic heterocycles. The van der Waals surface area contributed by atoms with Crippen molar-refractivity contribution >= 4 is 0 Å². The van der Waals surface area contributed by atoms with Crippen LogP contribution in [0.25, 0.3) is 0 Å². The molecular formula is C13H28N2. The van der Waals surface area contributed by atoms with Crippen LogP contribution in [-0.4, -0.2) is 18.6 Å². The maximum Gasteiger partial charge on any atom is 0.0110 e. The van der Waals surface area contributed by atoms with Crippen molar-refractivity contribution in [1.29, 1.82) is 0 Å². The van der Waals surface area contributed by atoms with Crippen LogP contribution in [0.15, 0.2) is 0 Å². The highest BCUT2D eigenvalue weighted by Gasteiger charge is 2.28. The Morgan fingerprint density at radius 2 is 1.93 bits per heavy atom. The van der Waals surface area contributed by atoms with E-state index in [1.54, 1.807) is 0 Å². The van der Waals surface area contributed by atoms with E-state index in [1.165, 1.54) is 32.1 Å². The van der Waals surface area contributed by atoms with Crippen LogP contribution in [0.4, 0.5) is 0 Å². The predicted octanol–water partition coefficient (Wildman–Crippen LogP) is 2.53. The SMILES string of the molecule is CCC(CC)C(C)NC1CCCC1CN. The average molecular weight is 212 g/mol. The van der Waals surface area contributed by atoms with E-state index in [4.69, 9.17) is 5.73 Å². The first-order valence-corrected chi connectivity index (χ1v) is 6.69. The van der Waals surface area contributed by atoms with E-state index in [1.807, 2.05) is 0 Å². The number of nitrogens with two attached hydrogens (primary N) is 1. The fourth-order valence-corrected chi connectivity index (χ4v) is 3.01. The second-order valence-corrected chi connectivity index (χ2v) is 5.07. The Bertz CT molecular complexity index is 166. The molecule has 15 heavy (non-hydrogen) atoms. The van der Waals surface area contributed by atoms with Crippen LogP contribution in [0, 0.1) is 11.8 Å². The van der Waals surface area contributed by atoms with Crippen molar-refractivity contribution in [3.8, 4) is 0 Å². The van der Waals surface area contributed by atoms with E-state index < -0.39 is 0 Å². The van der Waals surface area contributed by atoms with E-state index in [-0.39, 0.29) is 0 Å². The molecule has 0 radical (unpaired) electrons. The molecule has 3 unspecified atom stereocenters. The van der Waals surface area contributed by atoms with Gasteiger partial charge in [0, 0.05) is 12.1 Å². The molecule has 0 heterocycles. The zero-order valence-corrected chi connectivity index (χ0v) is 10.6. The number of nitrogens with one attached hydrogen (secondary N) is 1. The lowest BCUT2D eigenvalue weighted by Crippen LogP contribution is -2.44. The lowest BCUT2D eigenvalue weighted by atomic mass is 9.93. The third-order valence-corrected chi connectivity index (χ3v) is 4.19. The van der Waals surface area contributed by atoms with E-state index in [2.05, 4.69) is 26.1 Å². The lowest BCUT2D eigenvalue weighted by Gasteiger charge is -2.29. The molecule has 1 rings (SSSR count). The van der Waals surface area contributed by atoms with Crippen LogP contribution in [0.5, 0.6) is 0 Å². The Morgan fingerprint density at radius 3 is 2.47 bits per heavy atom. The van der Waals surface area contributed by atoms with Crippen LogP contribution in [0.3, 0.4) is 0 Å². The Labute approximate surface area is 95.0 Å². The normalized spacial score (nSPS) is 28.6. The quantitative estimate of drug-likeness (QED) is 0.710. The molecule has 0 amide bonds. The molecular weight excluding hydrogens is 184 g/mol. The summed E-state index contributed by atoms with van der Waals surface area (Å²) < 4.78 is 0. The van der Waals surface area contributed by atoms with Gasteiger partial charge >= 0.3 is 0 Å². The van der Waals surface area contributed by atoms with E-state index in [9.17, 15) is 0 Å². The van der Waals surface area contributed by atoms with Gasteiger partial charge in [0.2, 0.25) is 0 Å². The number of rotatable bonds is 6. The molecule has 3 atom stereocenters. The summed E-state index contributed by atoms with van der Waals surface area (Å²) in [7, 11) is 0. The molecule has 1 aliphatic rings. The van der Waals surface area contributed by atoms with E-state index >= 15 is 0 Å². The minimum atomic E-state index is 0.650. The van der Waals surface area contributed by atoms with Crippen molar-refractivity contribution in [2.45, 2.75) is 65.0 Å². The maximum atomic E-state index is 5.80. The summed E-state index contributed by atoms with van der Waals surface area (Å²) in [5, 5.41) is 3.80. The molecule has 2 nitrogen and oxygen atoms in total. The Kier molecular flexibility index (Phi) is 5.62. The second-order valence-electron chi connectivity index (χ2n) is 5.07. The van der Waals surface area contributed by atoms with Crippen LogP contribution in [0.2, 0.25) is 0 Å². The Hall–Kier alpha value is -0.0800. The van der Waals surface area contributed by atoms with Gasteiger partial charge < -0.3 is 11.1 Å². The highest BCUT2D eigenvalue weighted by atomic mass is 15.0. The largest absolute Gasteiger partial charge is 0.330 e. The topological polar surface area (TPSA) is 38.0 Å². The zero-order valence-electron chi connectivity index (χ0n) is 10.6. The first-order valence-electron chi connectivity index (χ1n) is 6.69. The van der Waals surface area contributed by atoms with Gasteiger partial charge in [-0.2, -0.15) is 0 Å². The second kappa shape index (κ2) is 6.49. The highest BCUT2D eigenvalue weighted by molar-refractivity contribution is 4.86. The van der Waals surface area contributed by atoms with Gasteiger partial charge in [-0.1, -0.05) is 33.1 Å². The third-order valence-electron chi connectivity index (χ3n) is 4.19. The minimum Gasteiger partial charge on any atom is -0.330 e. The van der Waals surface area contributed by atoms with Crippen LogP contribution in [-0.2, 0) is 0 Å². The summed E-state index contributed by atoms with van der Waals surface area (Å²) in [6.07, 6.45) is 6.57. The van der Waals surface area contributed by atoms with Crippen LogP contribution < -0.4 is 11.1 Å². The van der Waals surface area contributed by atoms with E-state index in [0.717, 1.165) is 18.4 Å². The lowest BCUT2D eigenvalue weighted by molar-refractivity contribution is 0.291. The molecule has 0 aromatic rings. The molecule has 1 fully saturated rings. The van der Waals surface area contributed by atoms with Crippen molar-refractivity contribution in [2.24, 2.45) is 17.6 Å². The van der Waals surface area contributed by atoms with Gasteiger partial charge in [-0.3, -0.25) is 0 Å². The predicted molar refractivity (Wildman–Crippen MR) is 66.9 cm³/mol. The Morgan fingerprint density at radius 1 is 1.27 bits per heavy atom. The first-order chi connectivity index (χ1) is 7.22.